The van der Waals surface area contributed by atoms with E-state index in [2.05, 4.69) is 4.72 Å². The lowest BCUT2D eigenvalue weighted by atomic mass is 10.2. The summed E-state index contributed by atoms with van der Waals surface area (Å²) in [6, 6.07) is 3.63. The first-order valence-electron chi connectivity index (χ1n) is 6.12. The van der Waals surface area contributed by atoms with Crippen molar-refractivity contribution in [2.75, 3.05) is 18.9 Å². The van der Waals surface area contributed by atoms with Gasteiger partial charge in [0, 0.05) is 18.8 Å². The highest BCUT2D eigenvalue weighted by Gasteiger charge is 2.21. The molecule has 0 bridgehead atoms. The fourth-order valence-corrected chi connectivity index (χ4v) is 2.90. The molecule has 8 heteroatoms. The lowest BCUT2D eigenvalue weighted by Crippen LogP contribution is -2.26. The zero-order valence-corrected chi connectivity index (χ0v) is 11.7. The molecule has 0 radical (unpaired) electrons. The Morgan fingerprint density at radius 3 is 2.55 bits per heavy atom. The predicted octanol–water partition coefficient (Wildman–Crippen LogP) is 0.408. The molecule has 112 valence electrons. The minimum absolute atomic E-state index is 0.0634. The monoisotopic (exact) mass is 302 g/mol. The number of hydrogen-bond acceptors (Lipinski definition) is 5. The highest BCUT2D eigenvalue weighted by atomic mass is 32.2. The van der Waals surface area contributed by atoms with E-state index in [1.54, 1.807) is 0 Å². The van der Waals surface area contributed by atoms with E-state index in [0.29, 0.717) is 19.3 Å². The van der Waals surface area contributed by atoms with Crippen molar-refractivity contribution >= 4 is 21.7 Å². The van der Waals surface area contributed by atoms with Crippen LogP contribution in [0.5, 0.6) is 0 Å². The molecule has 0 aliphatic rings. The number of nitrogens with two attached hydrogens (primary N) is 1. The van der Waals surface area contributed by atoms with Gasteiger partial charge in [-0.1, -0.05) is 0 Å². The van der Waals surface area contributed by atoms with Gasteiger partial charge in [0.2, 0.25) is 10.0 Å². The van der Waals surface area contributed by atoms with E-state index in [0.717, 1.165) is 6.07 Å². The molecule has 0 aliphatic heterocycles. The number of nitrogen functional groups attached to an aromatic ring is 1. The van der Waals surface area contributed by atoms with Gasteiger partial charge in [0.15, 0.2) is 0 Å². The third-order valence-corrected chi connectivity index (χ3v) is 4.17. The molecule has 0 fully saturated rings. The second kappa shape index (κ2) is 7.22. The molecule has 7 nitrogen and oxygen atoms in total. The molecule has 0 aliphatic carbocycles. The second-order valence-corrected chi connectivity index (χ2v) is 5.98. The minimum atomic E-state index is -3.89. The molecule has 0 aromatic heterocycles. The van der Waals surface area contributed by atoms with Crippen molar-refractivity contribution in [2.45, 2.75) is 24.2 Å². The lowest BCUT2D eigenvalue weighted by molar-refractivity contribution is 0.0692. The molecule has 20 heavy (non-hydrogen) atoms. The Morgan fingerprint density at radius 2 is 1.95 bits per heavy atom. The van der Waals surface area contributed by atoms with Gasteiger partial charge >= 0.3 is 5.97 Å². The van der Waals surface area contributed by atoms with Crippen LogP contribution < -0.4 is 10.5 Å². The molecular weight excluding hydrogens is 284 g/mol. The van der Waals surface area contributed by atoms with Gasteiger partial charge in [-0.3, -0.25) is 0 Å². The van der Waals surface area contributed by atoms with Crippen LogP contribution in [0.4, 0.5) is 5.69 Å². The van der Waals surface area contributed by atoms with Crippen LogP contribution in [0.3, 0.4) is 0 Å². The SMILES string of the molecule is Nc1ccc(S(=O)(=O)NCCCCCO)c(C(=O)O)c1. The van der Waals surface area contributed by atoms with Crippen LogP contribution >= 0.6 is 0 Å². The average Bonchev–Trinajstić information content (AvgIpc) is 2.38. The molecule has 0 spiro atoms. The number of carboxylic acids is 1. The van der Waals surface area contributed by atoms with Gasteiger partial charge in [-0.2, -0.15) is 0 Å². The largest absolute Gasteiger partial charge is 0.478 e. The summed E-state index contributed by atoms with van der Waals surface area (Å²) in [6.45, 7) is 0.250. The van der Waals surface area contributed by atoms with Gasteiger partial charge in [0.25, 0.3) is 0 Å². The molecule has 1 aromatic rings. The number of aromatic carboxylic acids is 1. The van der Waals surface area contributed by atoms with Crippen LogP contribution in [-0.4, -0.2) is 37.8 Å². The number of rotatable bonds is 8. The van der Waals surface area contributed by atoms with Gasteiger partial charge in [0.1, 0.15) is 0 Å². The van der Waals surface area contributed by atoms with Gasteiger partial charge in [-0.05, 0) is 37.5 Å². The topological polar surface area (TPSA) is 130 Å². The molecule has 1 rings (SSSR count). The summed E-state index contributed by atoms with van der Waals surface area (Å²) < 4.78 is 26.4. The normalized spacial score (nSPS) is 11.4. The molecule has 0 amide bonds. The quantitative estimate of drug-likeness (QED) is 0.406. The van der Waals surface area contributed by atoms with Crippen LogP contribution in [0.25, 0.3) is 0 Å². The minimum Gasteiger partial charge on any atom is -0.478 e. The van der Waals surface area contributed by atoms with E-state index in [-0.39, 0.29) is 29.3 Å². The van der Waals surface area contributed by atoms with Gasteiger partial charge in [-0.25, -0.2) is 17.9 Å². The molecule has 5 N–H and O–H groups in total. The second-order valence-electron chi connectivity index (χ2n) is 4.24. The summed E-state index contributed by atoms with van der Waals surface area (Å²) in [7, 11) is -3.89. The van der Waals surface area contributed by atoms with E-state index in [9.17, 15) is 13.2 Å². The molecule has 0 unspecified atom stereocenters. The molecular formula is C12H18N2O5S. The Balaban J connectivity index is 2.84. The number of carboxylic acid groups (broad SMARTS) is 1. The molecule has 0 saturated carbocycles. The lowest BCUT2D eigenvalue weighted by Gasteiger charge is -2.09. The Bertz CT molecular complexity index is 571. The summed E-state index contributed by atoms with van der Waals surface area (Å²) >= 11 is 0. The van der Waals surface area contributed by atoms with Crippen LogP contribution in [-0.2, 0) is 10.0 Å². The van der Waals surface area contributed by atoms with E-state index in [4.69, 9.17) is 15.9 Å². The standard InChI is InChI=1S/C12H18N2O5S/c13-9-4-5-11(10(8-9)12(16)17)20(18,19)14-6-2-1-3-7-15/h4-5,8,14-15H,1-3,6-7,13H2,(H,16,17). The smallest absolute Gasteiger partial charge is 0.337 e. The van der Waals surface area contributed by atoms with Crippen LogP contribution in [0.15, 0.2) is 23.1 Å². The number of nitrogens with one attached hydrogen (secondary N) is 1. The van der Waals surface area contributed by atoms with E-state index in [1.807, 2.05) is 0 Å². The molecule has 0 heterocycles. The number of sulfonamides is 1. The number of benzene rings is 1. The van der Waals surface area contributed by atoms with Crippen molar-refractivity contribution in [2.24, 2.45) is 0 Å². The number of carbonyl (C=O) groups is 1. The number of unbranched alkanes of at least 4 members (excludes halogenated alkanes) is 2. The molecule has 0 atom stereocenters. The maximum absolute atomic E-state index is 12.0. The molecule has 1 aromatic carbocycles. The Hall–Kier alpha value is -1.64. The van der Waals surface area contributed by atoms with Crippen molar-refractivity contribution in [3.8, 4) is 0 Å². The third-order valence-electron chi connectivity index (χ3n) is 2.65. The van der Waals surface area contributed by atoms with Crippen molar-refractivity contribution < 1.29 is 23.4 Å². The van der Waals surface area contributed by atoms with Gasteiger partial charge in [0.05, 0.1) is 10.5 Å². The fourth-order valence-electron chi connectivity index (χ4n) is 1.65. The Kier molecular flexibility index (Phi) is 5.93. The first-order valence-corrected chi connectivity index (χ1v) is 7.60. The highest BCUT2D eigenvalue weighted by Crippen LogP contribution is 2.18. The summed E-state index contributed by atoms with van der Waals surface area (Å²) in [4.78, 5) is 10.8. The summed E-state index contributed by atoms with van der Waals surface area (Å²) in [6.07, 6.45) is 1.85. The van der Waals surface area contributed by atoms with Crippen molar-refractivity contribution in [3.63, 3.8) is 0 Å². The molecule has 0 saturated heterocycles. The van der Waals surface area contributed by atoms with Crippen molar-refractivity contribution in [1.29, 1.82) is 0 Å². The average molecular weight is 302 g/mol. The van der Waals surface area contributed by atoms with E-state index < -0.39 is 16.0 Å². The Morgan fingerprint density at radius 1 is 1.25 bits per heavy atom. The Labute approximate surface area is 117 Å². The first kappa shape index (κ1) is 16.4. The first-order chi connectivity index (χ1) is 9.38. The predicted molar refractivity (Wildman–Crippen MR) is 73.9 cm³/mol. The van der Waals surface area contributed by atoms with Crippen LogP contribution in [0.2, 0.25) is 0 Å². The third kappa shape index (κ3) is 4.48. The van der Waals surface area contributed by atoms with Crippen molar-refractivity contribution in [1.82, 2.24) is 4.72 Å². The van der Waals surface area contributed by atoms with E-state index >= 15 is 0 Å². The van der Waals surface area contributed by atoms with Crippen LogP contribution in [0, 0.1) is 0 Å². The van der Waals surface area contributed by atoms with Gasteiger partial charge < -0.3 is 15.9 Å². The maximum atomic E-state index is 12.0. The zero-order valence-electron chi connectivity index (χ0n) is 10.9. The van der Waals surface area contributed by atoms with E-state index in [1.165, 1.54) is 12.1 Å². The number of anilines is 1. The zero-order chi connectivity index (χ0) is 15.2. The number of hydrogen-bond donors (Lipinski definition) is 4. The van der Waals surface area contributed by atoms with Crippen molar-refractivity contribution in [3.05, 3.63) is 23.8 Å². The fraction of sp³-hybridized carbons (Fsp3) is 0.417. The number of aliphatic hydroxyl groups is 1. The van der Waals surface area contributed by atoms with Gasteiger partial charge in [-0.15, -0.1) is 0 Å². The highest BCUT2D eigenvalue weighted by molar-refractivity contribution is 7.89. The number of aliphatic hydroxyl groups excluding tert-OH is 1. The summed E-state index contributed by atoms with van der Waals surface area (Å²) in [5.41, 5.74) is 5.29. The maximum Gasteiger partial charge on any atom is 0.337 e. The summed E-state index contributed by atoms with van der Waals surface area (Å²) in [5.74, 6) is -1.35. The van der Waals surface area contributed by atoms with Crippen LogP contribution in [0.1, 0.15) is 29.6 Å². The summed E-state index contributed by atoms with van der Waals surface area (Å²) in [5, 5.41) is 17.6.